The Kier molecular flexibility index (Phi) is 3.54. The Bertz CT molecular complexity index is 517. The molecule has 0 aliphatic carbocycles. The van der Waals surface area contributed by atoms with Gasteiger partial charge < -0.3 is 5.73 Å². The molecule has 0 fully saturated rings. The van der Waals surface area contributed by atoms with Gasteiger partial charge in [-0.25, -0.2) is 4.98 Å². The Labute approximate surface area is 105 Å². The van der Waals surface area contributed by atoms with Gasteiger partial charge in [-0.05, 0) is 12.0 Å². The van der Waals surface area contributed by atoms with E-state index in [4.69, 9.17) is 11.1 Å². The zero-order chi connectivity index (χ0) is 12.3. The maximum absolute atomic E-state index is 7.52. The molecule has 4 heteroatoms. The van der Waals surface area contributed by atoms with Crippen LogP contribution in [0.3, 0.4) is 0 Å². The molecule has 0 amide bonds. The maximum atomic E-state index is 7.52. The van der Waals surface area contributed by atoms with Crippen LogP contribution in [-0.4, -0.2) is 10.8 Å². The number of amidine groups is 1. The van der Waals surface area contributed by atoms with E-state index in [1.54, 1.807) is 0 Å². The number of hydrogen-bond donors (Lipinski definition) is 2. The Morgan fingerprint density at radius 2 is 2.06 bits per heavy atom. The molecule has 2 rings (SSSR count). The van der Waals surface area contributed by atoms with Crippen molar-refractivity contribution in [2.45, 2.75) is 19.8 Å². The zero-order valence-electron chi connectivity index (χ0n) is 9.73. The highest BCUT2D eigenvalue weighted by Gasteiger charge is 2.12. The summed E-state index contributed by atoms with van der Waals surface area (Å²) in [5.74, 6) is 0.124. The highest BCUT2D eigenvalue weighted by Crippen LogP contribution is 2.21. The Morgan fingerprint density at radius 3 is 2.59 bits per heavy atom. The normalized spacial score (nSPS) is 10.4. The molecule has 3 N–H and O–H groups in total. The summed E-state index contributed by atoms with van der Waals surface area (Å²) >= 11 is 1.53. The molecule has 1 aromatic heterocycles. The molecule has 0 aliphatic rings. The van der Waals surface area contributed by atoms with E-state index < -0.39 is 0 Å². The van der Waals surface area contributed by atoms with Crippen molar-refractivity contribution in [2.24, 2.45) is 5.73 Å². The molecule has 0 radical (unpaired) electrons. The van der Waals surface area contributed by atoms with Crippen molar-refractivity contribution >= 4 is 17.2 Å². The Hall–Kier alpha value is -1.68. The number of nitrogens with zero attached hydrogens (tertiary/aromatic N) is 1. The first-order chi connectivity index (χ1) is 8.20. The van der Waals surface area contributed by atoms with E-state index in [1.165, 1.54) is 16.9 Å². The fourth-order valence-electron chi connectivity index (χ4n) is 1.70. The van der Waals surface area contributed by atoms with Crippen molar-refractivity contribution in [1.29, 1.82) is 5.41 Å². The van der Waals surface area contributed by atoms with Crippen LogP contribution in [0.2, 0.25) is 0 Å². The van der Waals surface area contributed by atoms with Crippen LogP contribution in [0.25, 0.3) is 0 Å². The highest BCUT2D eigenvalue weighted by atomic mass is 32.1. The minimum Gasteiger partial charge on any atom is -0.383 e. The number of nitrogens with two attached hydrogens (primary N) is 1. The van der Waals surface area contributed by atoms with E-state index in [9.17, 15) is 0 Å². The number of rotatable bonds is 4. The molecule has 0 unspecified atom stereocenters. The van der Waals surface area contributed by atoms with Gasteiger partial charge in [-0.3, -0.25) is 5.41 Å². The predicted molar refractivity (Wildman–Crippen MR) is 71.8 cm³/mol. The molecule has 0 bridgehead atoms. The second-order valence-corrected chi connectivity index (χ2v) is 4.90. The second-order valence-electron chi connectivity index (χ2n) is 3.81. The SMILES string of the molecule is CCc1nc(Cc2ccccc2)sc1C(=N)N. The standard InChI is InChI=1S/C13H15N3S/c1-2-10-12(13(14)15)17-11(16-10)8-9-6-4-3-5-7-9/h3-7H,2,8H2,1H3,(H3,14,15). The summed E-state index contributed by atoms with van der Waals surface area (Å²) in [4.78, 5) is 5.36. The van der Waals surface area contributed by atoms with Crippen LogP contribution in [0, 0.1) is 5.41 Å². The maximum Gasteiger partial charge on any atom is 0.135 e. The van der Waals surface area contributed by atoms with Gasteiger partial charge in [0.15, 0.2) is 0 Å². The van der Waals surface area contributed by atoms with E-state index >= 15 is 0 Å². The van der Waals surface area contributed by atoms with Gasteiger partial charge in [0, 0.05) is 6.42 Å². The molecule has 1 aromatic carbocycles. The summed E-state index contributed by atoms with van der Waals surface area (Å²) in [6, 6.07) is 10.2. The van der Waals surface area contributed by atoms with E-state index in [0.717, 1.165) is 28.4 Å². The molecule has 0 spiro atoms. The molecule has 1 heterocycles. The van der Waals surface area contributed by atoms with Crippen molar-refractivity contribution in [3.8, 4) is 0 Å². The van der Waals surface area contributed by atoms with Gasteiger partial charge in [-0.15, -0.1) is 11.3 Å². The van der Waals surface area contributed by atoms with Gasteiger partial charge in [-0.1, -0.05) is 37.3 Å². The zero-order valence-corrected chi connectivity index (χ0v) is 10.6. The number of benzene rings is 1. The number of nitrogen functional groups attached to an aromatic ring is 1. The first-order valence-electron chi connectivity index (χ1n) is 5.57. The lowest BCUT2D eigenvalue weighted by atomic mass is 10.2. The third-order valence-corrected chi connectivity index (χ3v) is 3.65. The van der Waals surface area contributed by atoms with Crippen LogP contribution >= 0.6 is 11.3 Å². The summed E-state index contributed by atoms with van der Waals surface area (Å²) in [5.41, 5.74) is 7.72. The van der Waals surface area contributed by atoms with E-state index in [-0.39, 0.29) is 5.84 Å². The predicted octanol–water partition coefficient (Wildman–Crippen LogP) is 2.58. The van der Waals surface area contributed by atoms with Gasteiger partial charge >= 0.3 is 0 Å². The van der Waals surface area contributed by atoms with Gasteiger partial charge in [0.1, 0.15) is 5.84 Å². The minimum atomic E-state index is 0.124. The monoisotopic (exact) mass is 245 g/mol. The van der Waals surface area contributed by atoms with Crippen molar-refractivity contribution in [2.75, 3.05) is 0 Å². The average molecular weight is 245 g/mol. The van der Waals surface area contributed by atoms with Crippen molar-refractivity contribution < 1.29 is 0 Å². The Morgan fingerprint density at radius 1 is 1.35 bits per heavy atom. The van der Waals surface area contributed by atoms with Gasteiger partial charge in [0.05, 0.1) is 15.6 Å². The molecular formula is C13H15N3S. The fourth-order valence-corrected chi connectivity index (χ4v) is 2.75. The molecule has 2 aromatic rings. The molecule has 3 nitrogen and oxygen atoms in total. The summed E-state index contributed by atoms with van der Waals surface area (Å²) < 4.78 is 0. The van der Waals surface area contributed by atoms with Gasteiger partial charge in [-0.2, -0.15) is 0 Å². The molecule has 0 saturated heterocycles. The average Bonchev–Trinajstić information content (AvgIpc) is 2.73. The highest BCUT2D eigenvalue weighted by molar-refractivity contribution is 7.13. The van der Waals surface area contributed by atoms with E-state index in [1.807, 2.05) is 25.1 Å². The largest absolute Gasteiger partial charge is 0.383 e. The topological polar surface area (TPSA) is 62.8 Å². The van der Waals surface area contributed by atoms with Crippen molar-refractivity contribution in [3.63, 3.8) is 0 Å². The quantitative estimate of drug-likeness (QED) is 0.642. The molecule has 17 heavy (non-hydrogen) atoms. The number of aromatic nitrogens is 1. The van der Waals surface area contributed by atoms with E-state index in [2.05, 4.69) is 17.1 Å². The van der Waals surface area contributed by atoms with Crippen LogP contribution in [-0.2, 0) is 12.8 Å². The number of aryl methyl sites for hydroxylation is 1. The van der Waals surface area contributed by atoms with Crippen molar-refractivity contribution in [1.82, 2.24) is 4.98 Å². The lowest BCUT2D eigenvalue weighted by Crippen LogP contribution is -2.11. The first-order valence-corrected chi connectivity index (χ1v) is 6.39. The van der Waals surface area contributed by atoms with Gasteiger partial charge in [0.2, 0.25) is 0 Å². The summed E-state index contributed by atoms with van der Waals surface area (Å²) in [7, 11) is 0. The van der Waals surface area contributed by atoms with Crippen LogP contribution in [0.4, 0.5) is 0 Å². The number of nitrogens with one attached hydrogen (secondary N) is 1. The molecular weight excluding hydrogens is 230 g/mol. The lowest BCUT2D eigenvalue weighted by Gasteiger charge is -1.95. The van der Waals surface area contributed by atoms with Crippen LogP contribution in [0.5, 0.6) is 0 Å². The third-order valence-electron chi connectivity index (χ3n) is 2.52. The number of hydrogen-bond acceptors (Lipinski definition) is 3. The smallest absolute Gasteiger partial charge is 0.135 e. The minimum absolute atomic E-state index is 0.124. The lowest BCUT2D eigenvalue weighted by molar-refractivity contribution is 1.01. The van der Waals surface area contributed by atoms with Crippen LogP contribution in [0.15, 0.2) is 30.3 Å². The van der Waals surface area contributed by atoms with Gasteiger partial charge in [0.25, 0.3) is 0 Å². The second kappa shape index (κ2) is 5.10. The van der Waals surface area contributed by atoms with Crippen molar-refractivity contribution in [3.05, 3.63) is 51.5 Å². The molecule has 0 saturated carbocycles. The summed E-state index contributed by atoms with van der Waals surface area (Å²) in [6.07, 6.45) is 1.63. The third kappa shape index (κ3) is 2.71. The summed E-state index contributed by atoms with van der Waals surface area (Å²) in [6.45, 7) is 2.04. The van der Waals surface area contributed by atoms with Crippen LogP contribution in [0.1, 0.15) is 28.1 Å². The fraction of sp³-hybridized carbons (Fsp3) is 0.231. The van der Waals surface area contributed by atoms with Crippen LogP contribution < -0.4 is 5.73 Å². The first kappa shape index (κ1) is 11.8. The molecule has 88 valence electrons. The molecule has 0 atom stereocenters. The Balaban J connectivity index is 2.26. The van der Waals surface area contributed by atoms with E-state index in [0.29, 0.717) is 0 Å². The number of thiazole rings is 1. The summed E-state index contributed by atoms with van der Waals surface area (Å²) in [5, 5.41) is 8.55. The molecule has 0 aliphatic heterocycles.